The second-order valence-electron chi connectivity index (χ2n) is 6.63. The minimum atomic E-state index is -0.615. The van der Waals surface area contributed by atoms with Gasteiger partial charge in [0, 0.05) is 9.79 Å². The fourth-order valence-electron chi connectivity index (χ4n) is 2.67. The molecule has 148 valence electrons. The van der Waals surface area contributed by atoms with Gasteiger partial charge in [0.25, 0.3) is 0 Å². The van der Waals surface area contributed by atoms with E-state index in [0.717, 1.165) is 11.3 Å². The number of benzene rings is 2. The molecule has 3 nitrogen and oxygen atoms in total. The van der Waals surface area contributed by atoms with E-state index in [9.17, 15) is 5.11 Å². The molecule has 4 heteroatoms. The van der Waals surface area contributed by atoms with E-state index in [1.54, 1.807) is 18.0 Å². The summed E-state index contributed by atoms with van der Waals surface area (Å²) in [5.74, 6) is 0.843. The van der Waals surface area contributed by atoms with Gasteiger partial charge in [0.05, 0.1) is 0 Å². The van der Waals surface area contributed by atoms with Gasteiger partial charge < -0.3 is 9.84 Å². The first-order valence-corrected chi connectivity index (χ1v) is 10.3. The van der Waals surface area contributed by atoms with Crippen LogP contribution < -0.4 is 4.74 Å². The molecule has 2 aromatic rings. The Balaban J connectivity index is 0.00000176. The van der Waals surface area contributed by atoms with Crippen LogP contribution in [0.25, 0.3) is 0 Å². The maximum atomic E-state index is 9.96. The predicted molar refractivity (Wildman–Crippen MR) is 117 cm³/mol. The van der Waals surface area contributed by atoms with Crippen LogP contribution in [0, 0.1) is 27.7 Å². The van der Waals surface area contributed by atoms with Crippen molar-refractivity contribution < 1.29 is 14.4 Å². The SMILES string of the molecule is CC.Cc1ccccc1Sc1c(C)cc(OCC(O)C=[N+](C)C)c(C)c1C. The fraction of sp³-hybridized carbons (Fsp3) is 0.435. The highest BCUT2D eigenvalue weighted by molar-refractivity contribution is 7.99. The van der Waals surface area contributed by atoms with E-state index in [-0.39, 0.29) is 6.61 Å². The molecule has 0 saturated heterocycles. The largest absolute Gasteiger partial charge is 0.490 e. The van der Waals surface area contributed by atoms with E-state index < -0.39 is 6.10 Å². The van der Waals surface area contributed by atoms with Gasteiger partial charge in [-0.1, -0.05) is 43.8 Å². The van der Waals surface area contributed by atoms with E-state index in [4.69, 9.17) is 4.74 Å². The van der Waals surface area contributed by atoms with Crippen molar-refractivity contribution in [3.63, 3.8) is 0 Å². The third-order valence-electron chi connectivity index (χ3n) is 4.16. The molecule has 2 rings (SSSR count). The molecule has 0 aliphatic rings. The number of hydrogen-bond donors (Lipinski definition) is 1. The van der Waals surface area contributed by atoms with Gasteiger partial charge in [0.2, 0.25) is 0 Å². The molecule has 0 aliphatic heterocycles. The van der Waals surface area contributed by atoms with Crippen LogP contribution in [-0.2, 0) is 0 Å². The third kappa shape index (κ3) is 6.71. The van der Waals surface area contributed by atoms with Gasteiger partial charge in [-0.05, 0) is 62.1 Å². The lowest BCUT2D eigenvalue weighted by Gasteiger charge is -2.18. The maximum Gasteiger partial charge on any atom is 0.171 e. The Morgan fingerprint density at radius 2 is 1.67 bits per heavy atom. The molecule has 27 heavy (non-hydrogen) atoms. The smallest absolute Gasteiger partial charge is 0.171 e. The van der Waals surface area contributed by atoms with Crippen molar-refractivity contribution in [1.29, 1.82) is 0 Å². The second-order valence-corrected chi connectivity index (χ2v) is 7.68. The van der Waals surface area contributed by atoms with Crippen molar-refractivity contribution in [2.24, 2.45) is 0 Å². The maximum absolute atomic E-state index is 9.96. The number of nitrogens with zero attached hydrogens (tertiary/aromatic N) is 1. The number of rotatable bonds is 6. The molecule has 0 amide bonds. The van der Waals surface area contributed by atoms with Crippen LogP contribution in [-0.4, -0.2) is 42.7 Å². The minimum Gasteiger partial charge on any atom is -0.490 e. The number of aliphatic hydroxyl groups is 1. The Morgan fingerprint density at radius 1 is 1.04 bits per heavy atom. The minimum absolute atomic E-state index is 0.252. The predicted octanol–water partition coefficient (Wildman–Crippen LogP) is 5.18. The average molecular weight is 389 g/mol. The van der Waals surface area contributed by atoms with Crippen LogP contribution in [0.1, 0.15) is 36.1 Å². The fourth-order valence-corrected chi connectivity index (χ4v) is 3.79. The lowest BCUT2D eigenvalue weighted by atomic mass is 10.1. The lowest BCUT2D eigenvalue weighted by molar-refractivity contribution is -0.462. The number of hydrogen-bond acceptors (Lipinski definition) is 3. The number of aryl methyl sites for hydroxylation is 2. The quantitative estimate of drug-likeness (QED) is 0.547. The van der Waals surface area contributed by atoms with E-state index in [0.29, 0.717) is 0 Å². The van der Waals surface area contributed by atoms with Crippen molar-refractivity contribution in [1.82, 2.24) is 0 Å². The van der Waals surface area contributed by atoms with Crippen LogP contribution in [0.5, 0.6) is 5.75 Å². The molecule has 0 radical (unpaired) electrons. The molecule has 0 aliphatic carbocycles. The highest BCUT2D eigenvalue weighted by Gasteiger charge is 2.15. The zero-order chi connectivity index (χ0) is 20.6. The zero-order valence-electron chi connectivity index (χ0n) is 18.0. The molecular formula is C23H34NO2S+. The van der Waals surface area contributed by atoms with E-state index in [2.05, 4.69) is 58.0 Å². The summed E-state index contributed by atoms with van der Waals surface area (Å²) in [6, 6.07) is 10.5. The monoisotopic (exact) mass is 388 g/mol. The summed E-state index contributed by atoms with van der Waals surface area (Å²) in [4.78, 5) is 2.55. The Labute approximate surface area is 169 Å². The van der Waals surface area contributed by atoms with Crippen molar-refractivity contribution in [3.8, 4) is 5.75 Å². The average Bonchev–Trinajstić information content (AvgIpc) is 2.63. The third-order valence-corrected chi connectivity index (χ3v) is 5.67. The van der Waals surface area contributed by atoms with Gasteiger partial charge in [-0.3, -0.25) is 0 Å². The van der Waals surface area contributed by atoms with E-state index >= 15 is 0 Å². The van der Waals surface area contributed by atoms with Gasteiger partial charge >= 0.3 is 0 Å². The molecule has 0 aromatic heterocycles. The molecule has 0 spiro atoms. The lowest BCUT2D eigenvalue weighted by Crippen LogP contribution is -2.23. The Bertz CT molecular complexity index is 780. The Hall–Kier alpha value is -1.78. The summed E-state index contributed by atoms with van der Waals surface area (Å²) < 4.78 is 7.71. The molecule has 0 heterocycles. The standard InChI is InChI=1S/C21H28NO2S.C2H6/c1-14-9-7-8-10-20(14)25-21-15(2)11-19(16(3)17(21)4)24-13-18(23)12-22(5)6;1-2/h7-12,18,23H,13H2,1-6H3;1-2H3/q+1;. The molecule has 1 atom stereocenters. The molecule has 2 aromatic carbocycles. The normalized spacial score (nSPS) is 11.3. The Kier molecular flexibility index (Phi) is 9.61. The van der Waals surface area contributed by atoms with E-state index in [1.165, 1.54) is 26.5 Å². The first kappa shape index (κ1) is 23.3. The van der Waals surface area contributed by atoms with Crippen LogP contribution in [0.3, 0.4) is 0 Å². The van der Waals surface area contributed by atoms with Gasteiger partial charge in [-0.15, -0.1) is 0 Å². The van der Waals surface area contributed by atoms with Crippen molar-refractivity contribution >= 4 is 18.0 Å². The second kappa shape index (κ2) is 11.2. The summed E-state index contributed by atoms with van der Waals surface area (Å²) in [5.41, 5.74) is 4.83. The van der Waals surface area contributed by atoms with Crippen LogP contribution >= 0.6 is 11.8 Å². The highest BCUT2D eigenvalue weighted by atomic mass is 32.2. The summed E-state index contributed by atoms with van der Waals surface area (Å²) in [6.45, 7) is 12.7. The first-order valence-electron chi connectivity index (χ1n) is 9.46. The zero-order valence-corrected chi connectivity index (χ0v) is 18.8. The summed E-state index contributed by atoms with van der Waals surface area (Å²) in [6.07, 6.45) is 1.12. The van der Waals surface area contributed by atoms with Gasteiger partial charge in [-0.2, -0.15) is 0 Å². The van der Waals surface area contributed by atoms with Gasteiger partial charge in [0.1, 0.15) is 26.5 Å². The molecule has 1 unspecified atom stereocenters. The van der Waals surface area contributed by atoms with Crippen molar-refractivity contribution in [2.75, 3.05) is 20.7 Å². The topological polar surface area (TPSA) is 32.5 Å². The Morgan fingerprint density at radius 3 is 2.26 bits per heavy atom. The van der Waals surface area contributed by atoms with Crippen LogP contribution in [0.15, 0.2) is 40.1 Å². The number of aliphatic hydroxyl groups excluding tert-OH is 1. The molecular weight excluding hydrogens is 354 g/mol. The summed E-state index contributed by atoms with van der Waals surface area (Å²) in [5, 5.41) is 9.96. The molecule has 0 saturated carbocycles. The summed E-state index contributed by atoms with van der Waals surface area (Å²) in [7, 11) is 3.78. The summed E-state index contributed by atoms with van der Waals surface area (Å²) >= 11 is 1.81. The van der Waals surface area contributed by atoms with Gasteiger partial charge in [0.15, 0.2) is 12.3 Å². The molecule has 0 fully saturated rings. The van der Waals surface area contributed by atoms with Crippen LogP contribution in [0.4, 0.5) is 0 Å². The van der Waals surface area contributed by atoms with Crippen molar-refractivity contribution in [3.05, 3.63) is 52.6 Å². The van der Waals surface area contributed by atoms with Crippen molar-refractivity contribution in [2.45, 2.75) is 57.4 Å². The van der Waals surface area contributed by atoms with Crippen LogP contribution in [0.2, 0.25) is 0 Å². The molecule has 0 bridgehead atoms. The molecule has 1 N–H and O–H groups in total. The van der Waals surface area contributed by atoms with Gasteiger partial charge in [-0.25, -0.2) is 4.58 Å². The number of ether oxygens (including phenoxy) is 1. The first-order chi connectivity index (χ1) is 12.8. The van der Waals surface area contributed by atoms with E-state index in [1.807, 2.05) is 32.5 Å². The highest BCUT2D eigenvalue weighted by Crippen LogP contribution is 2.38.